The Morgan fingerprint density at radius 3 is 1.29 bits per heavy atom. The summed E-state index contributed by atoms with van der Waals surface area (Å²) < 4.78 is 13.2. The summed E-state index contributed by atoms with van der Waals surface area (Å²) in [7, 11) is -0.452. The van der Waals surface area contributed by atoms with E-state index in [0.717, 1.165) is 33.3 Å². The molecule has 7 rings (SSSR count). The lowest BCUT2D eigenvalue weighted by Crippen LogP contribution is -2.41. The first-order chi connectivity index (χ1) is 20.3. The van der Waals surface area contributed by atoms with E-state index >= 15 is 0 Å². The van der Waals surface area contributed by atoms with Crippen LogP contribution >= 0.6 is 0 Å². The van der Waals surface area contributed by atoms with Gasteiger partial charge in [0.1, 0.15) is 0 Å². The van der Waals surface area contributed by atoms with E-state index in [9.17, 15) is 0 Å². The largest absolute Gasteiger partial charge is 0.496 e. The fraction of sp³-hybridized carbons (Fsp3) is 0.158. The van der Waals surface area contributed by atoms with Crippen molar-refractivity contribution in [1.82, 2.24) is 0 Å². The molecule has 6 aromatic carbocycles. The second kappa shape index (κ2) is 10.2. The Kier molecular flexibility index (Phi) is 6.42. The van der Waals surface area contributed by atoms with Crippen molar-refractivity contribution in [3.8, 4) is 11.1 Å². The number of nitrogens with zero attached hydrogens (tertiary/aromatic N) is 1. The lowest BCUT2D eigenvalue weighted by atomic mass is 9.71. The molecule has 0 aliphatic carbocycles. The zero-order valence-corrected chi connectivity index (χ0v) is 24.5. The molecule has 6 aromatic rings. The summed E-state index contributed by atoms with van der Waals surface area (Å²) in [5.74, 6) is 0. The smallest absolute Gasteiger partial charge is 0.399 e. The van der Waals surface area contributed by atoms with Crippen LogP contribution in [0.4, 0.5) is 17.1 Å². The van der Waals surface area contributed by atoms with Crippen molar-refractivity contribution in [2.75, 3.05) is 4.90 Å². The van der Waals surface area contributed by atoms with Crippen LogP contribution in [0.1, 0.15) is 27.7 Å². The van der Waals surface area contributed by atoms with Crippen LogP contribution in [-0.2, 0) is 9.31 Å². The molecule has 42 heavy (non-hydrogen) atoms. The molecule has 0 aromatic heterocycles. The molecule has 0 saturated carbocycles. The first-order valence-corrected chi connectivity index (χ1v) is 14.6. The average molecular weight is 548 g/mol. The van der Waals surface area contributed by atoms with Crippen LogP contribution in [0.2, 0.25) is 0 Å². The topological polar surface area (TPSA) is 21.7 Å². The second-order valence-electron chi connectivity index (χ2n) is 12.0. The lowest BCUT2D eigenvalue weighted by molar-refractivity contribution is 0.00578. The molecule has 0 radical (unpaired) electrons. The maximum absolute atomic E-state index is 6.61. The molecule has 0 amide bonds. The Bertz CT molecular complexity index is 1770. The Labute approximate surface area is 248 Å². The minimum atomic E-state index is -0.452. The Hall–Kier alpha value is -4.38. The van der Waals surface area contributed by atoms with Crippen LogP contribution in [-0.4, -0.2) is 18.3 Å². The molecule has 3 nitrogen and oxygen atoms in total. The molecule has 206 valence electrons. The summed E-state index contributed by atoms with van der Waals surface area (Å²) >= 11 is 0. The maximum atomic E-state index is 6.61. The van der Waals surface area contributed by atoms with Gasteiger partial charge in [-0.1, -0.05) is 97.1 Å². The molecular weight excluding hydrogens is 513 g/mol. The third-order valence-electron chi connectivity index (χ3n) is 8.91. The highest BCUT2D eigenvalue weighted by Gasteiger charge is 2.52. The molecule has 1 aliphatic rings. The fourth-order valence-electron chi connectivity index (χ4n) is 6.07. The number of fused-ring (bicyclic) bond motifs is 2. The Morgan fingerprint density at radius 1 is 0.452 bits per heavy atom. The predicted octanol–water partition coefficient (Wildman–Crippen LogP) is 9.43. The van der Waals surface area contributed by atoms with E-state index in [1.807, 2.05) is 0 Å². The van der Waals surface area contributed by atoms with E-state index in [1.165, 1.54) is 21.9 Å². The highest BCUT2D eigenvalue weighted by Crippen LogP contribution is 2.42. The van der Waals surface area contributed by atoms with E-state index < -0.39 is 18.3 Å². The van der Waals surface area contributed by atoms with Gasteiger partial charge in [-0.25, -0.2) is 0 Å². The van der Waals surface area contributed by atoms with E-state index in [0.29, 0.717) is 0 Å². The summed E-state index contributed by atoms with van der Waals surface area (Å²) in [6.07, 6.45) is 0. The van der Waals surface area contributed by atoms with Gasteiger partial charge in [0.15, 0.2) is 0 Å². The van der Waals surface area contributed by atoms with Crippen LogP contribution in [0, 0.1) is 0 Å². The molecule has 0 spiro atoms. The molecule has 0 N–H and O–H groups in total. The van der Waals surface area contributed by atoms with Crippen LogP contribution in [0.25, 0.3) is 32.7 Å². The highest BCUT2D eigenvalue weighted by molar-refractivity contribution is 6.68. The monoisotopic (exact) mass is 547 g/mol. The summed E-state index contributed by atoms with van der Waals surface area (Å²) in [5, 5.41) is 4.70. The molecule has 1 fully saturated rings. The molecule has 1 saturated heterocycles. The van der Waals surface area contributed by atoms with E-state index in [4.69, 9.17) is 9.31 Å². The third-order valence-corrected chi connectivity index (χ3v) is 8.91. The van der Waals surface area contributed by atoms with Crippen molar-refractivity contribution in [3.63, 3.8) is 0 Å². The first kappa shape index (κ1) is 26.5. The quantitative estimate of drug-likeness (QED) is 0.159. The van der Waals surface area contributed by atoms with Crippen molar-refractivity contribution >= 4 is 51.2 Å². The van der Waals surface area contributed by atoms with E-state index in [-0.39, 0.29) is 0 Å². The maximum Gasteiger partial charge on any atom is 0.496 e. The van der Waals surface area contributed by atoms with Crippen LogP contribution in [0.5, 0.6) is 0 Å². The standard InChI is InChI=1S/C38H34BNO2/c1-37(2)38(3,4)42-39(41-37)36-33-21-13-11-19-31(33)35(32-20-12-14-22-34(32)36)27-23-25-30(26-24-27)40(28-15-7-5-8-16-28)29-17-9-6-10-18-29/h5-26H,1-4H3. The van der Waals surface area contributed by atoms with Gasteiger partial charge in [-0.3, -0.25) is 0 Å². The van der Waals surface area contributed by atoms with Gasteiger partial charge < -0.3 is 14.2 Å². The zero-order valence-electron chi connectivity index (χ0n) is 24.5. The van der Waals surface area contributed by atoms with Gasteiger partial charge in [0.2, 0.25) is 0 Å². The number of hydrogen-bond donors (Lipinski definition) is 0. The highest BCUT2D eigenvalue weighted by atomic mass is 16.7. The van der Waals surface area contributed by atoms with Crippen molar-refractivity contribution in [3.05, 3.63) is 133 Å². The normalized spacial score (nSPS) is 15.8. The summed E-state index contributed by atoms with van der Waals surface area (Å²) in [5.41, 5.74) is 6.01. The second-order valence-corrected chi connectivity index (χ2v) is 12.0. The number of rotatable bonds is 5. The van der Waals surface area contributed by atoms with Gasteiger partial charge in [-0.2, -0.15) is 0 Å². The number of hydrogen-bond acceptors (Lipinski definition) is 3. The molecule has 1 aliphatic heterocycles. The molecule has 0 atom stereocenters. The zero-order chi connectivity index (χ0) is 28.9. The first-order valence-electron chi connectivity index (χ1n) is 14.6. The third kappa shape index (κ3) is 4.39. The van der Waals surface area contributed by atoms with Gasteiger partial charge >= 0.3 is 7.12 Å². The average Bonchev–Trinajstić information content (AvgIpc) is 3.23. The lowest BCUT2D eigenvalue weighted by Gasteiger charge is -2.32. The van der Waals surface area contributed by atoms with Gasteiger partial charge in [0.05, 0.1) is 11.2 Å². The SMILES string of the molecule is CC1(C)OB(c2c3ccccc3c(-c3ccc(N(c4ccccc4)c4ccccc4)cc3)c3ccccc23)OC1(C)C. The van der Waals surface area contributed by atoms with Gasteiger partial charge in [-0.05, 0) is 102 Å². The molecule has 4 heteroatoms. The molecule has 1 heterocycles. The van der Waals surface area contributed by atoms with Crippen LogP contribution in [0.3, 0.4) is 0 Å². The predicted molar refractivity (Wildman–Crippen MR) is 177 cm³/mol. The number of benzene rings is 6. The van der Waals surface area contributed by atoms with Gasteiger partial charge in [0, 0.05) is 17.1 Å². The van der Waals surface area contributed by atoms with Crippen molar-refractivity contribution in [2.24, 2.45) is 0 Å². The minimum Gasteiger partial charge on any atom is -0.399 e. The number of para-hydroxylation sites is 2. The number of anilines is 3. The van der Waals surface area contributed by atoms with Crippen molar-refractivity contribution in [1.29, 1.82) is 0 Å². The Balaban J connectivity index is 1.40. The van der Waals surface area contributed by atoms with Crippen LogP contribution in [0.15, 0.2) is 133 Å². The van der Waals surface area contributed by atoms with Crippen LogP contribution < -0.4 is 10.4 Å². The Morgan fingerprint density at radius 2 is 0.833 bits per heavy atom. The summed E-state index contributed by atoms with van der Waals surface area (Å²) in [6, 6.07) is 47.3. The van der Waals surface area contributed by atoms with Crippen molar-refractivity contribution in [2.45, 2.75) is 38.9 Å². The van der Waals surface area contributed by atoms with Crippen molar-refractivity contribution < 1.29 is 9.31 Å². The fourth-order valence-corrected chi connectivity index (χ4v) is 6.07. The molecule has 0 bridgehead atoms. The summed E-state index contributed by atoms with van der Waals surface area (Å²) in [6.45, 7) is 8.45. The summed E-state index contributed by atoms with van der Waals surface area (Å²) in [4.78, 5) is 2.29. The minimum absolute atomic E-state index is 0.419. The van der Waals surface area contributed by atoms with Gasteiger partial charge in [0.25, 0.3) is 0 Å². The van der Waals surface area contributed by atoms with E-state index in [2.05, 4.69) is 166 Å². The van der Waals surface area contributed by atoms with Gasteiger partial charge in [-0.15, -0.1) is 0 Å². The van der Waals surface area contributed by atoms with E-state index in [1.54, 1.807) is 0 Å². The molecule has 0 unspecified atom stereocenters. The molecular formula is C38H34BNO2.